The van der Waals surface area contributed by atoms with Crippen LogP contribution in [0, 0.1) is 0 Å². The molecule has 7 nitrogen and oxygen atoms in total. The summed E-state index contributed by atoms with van der Waals surface area (Å²) >= 11 is 0. The molecule has 0 spiro atoms. The third-order valence-electron chi connectivity index (χ3n) is 2.49. The second kappa shape index (κ2) is 7.39. The molecule has 1 rings (SSSR count). The van der Waals surface area contributed by atoms with Gasteiger partial charge in [0.15, 0.2) is 0 Å². The maximum atomic E-state index is 12.3. The predicted molar refractivity (Wildman–Crippen MR) is 68.7 cm³/mol. The van der Waals surface area contributed by atoms with Crippen LogP contribution in [0.5, 0.6) is 5.75 Å². The first-order valence-electron chi connectivity index (χ1n) is 5.86. The van der Waals surface area contributed by atoms with E-state index in [0.717, 1.165) is 18.2 Å². The van der Waals surface area contributed by atoms with Crippen LogP contribution >= 0.6 is 0 Å². The minimum Gasteiger partial charge on any atom is -0.508 e. The Morgan fingerprint density at radius 2 is 2.00 bits per heavy atom. The van der Waals surface area contributed by atoms with Crippen molar-refractivity contribution in [2.45, 2.75) is 6.43 Å². The number of nitrogens with zero attached hydrogens (tertiary/aromatic N) is 1. The second-order valence-corrected chi connectivity index (χ2v) is 4.03. The molecule has 116 valence electrons. The molecule has 0 aliphatic carbocycles. The molecule has 0 bridgehead atoms. The van der Waals surface area contributed by atoms with Crippen LogP contribution in [0.3, 0.4) is 0 Å². The lowest BCUT2D eigenvalue weighted by atomic mass is 10.1. The van der Waals surface area contributed by atoms with E-state index in [0.29, 0.717) is 4.90 Å². The number of amides is 2. The first-order chi connectivity index (χ1) is 9.85. The molecule has 21 heavy (non-hydrogen) atoms. The van der Waals surface area contributed by atoms with Crippen molar-refractivity contribution in [2.24, 2.45) is 0 Å². The van der Waals surface area contributed by atoms with Crippen molar-refractivity contribution in [2.75, 3.05) is 25.0 Å². The fourth-order valence-electron chi connectivity index (χ4n) is 1.58. The molecule has 0 heterocycles. The number of nitrogens with one attached hydrogen (secondary N) is 1. The molecule has 2 amide bonds. The molecule has 0 aromatic heterocycles. The maximum Gasteiger partial charge on any atom is 0.337 e. The van der Waals surface area contributed by atoms with Crippen LogP contribution in [0.25, 0.3) is 0 Å². The van der Waals surface area contributed by atoms with Crippen LogP contribution in [0.2, 0.25) is 0 Å². The summed E-state index contributed by atoms with van der Waals surface area (Å²) in [7, 11) is 0. The number of anilines is 1. The molecule has 4 N–H and O–H groups in total. The Hall–Kier alpha value is -2.42. The molecule has 0 atom stereocenters. The number of carboxylic acids is 1. The summed E-state index contributed by atoms with van der Waals surface area (Å²) < 4.78 is 24.7. The molecule has 0 aliphatic heterocycles. The van der Waals surface area contributed by atoms with Gasteiger partial charge >= 0.3 is 12.0 Å². The van der Waals surface area contributed by atoms with E-state index in [2.05, 4.69) is 5.32 Å². The molecular weight excluding hydrogens is 290 g/mol. The van der Waals surface area contributed by atoms with Gasteiger partial charge < -0.3 is 25.5 Å². The van der Waals surface area contributed by atoms with Crippen LogP contribution < -0.4 is 5.32 Å². The van der Waals surface area contributed by atoms with E-state index in [9.17, 15) is 23.5 Å². The lowest BCUT2D eigenvalue weighted by Gasteiger charge is -2.22. The van der Waals surface area contributed by atoms with E-state index in [4.69, 9.17) is 10.2 Å². The Bertz CT molecular complexity index is 524. The van der Waals surface area contributed by atoms with Gasteiger partial charge in [-0.1, -0.05) is 0 Å². The fourth-order valence-corrected chi connectivity index (χ4v) is 1.58. The first kappa shape index (κ1) is 16.6. The summed E-state index contributed by atoms with van der Waals surface area (Å²) in [4.78, 5) is 23.5. The van der Waals surface area contributed by atoms with Crippen molar-refractivity contribution in [1.82, 2.24) is 4.90 Å². The number of aliphatic hydroxyl groups is 1. The number of aliphatic hydroxyl groups excluding tert-OH is 1. The Morgan fingerprint density at radius 3 is 2.52 bits per heavy atom. The zero-order chi connectivity index (χ0) is 16.0. The molecular formula is C12H14F2N2O5. The Labute approximate surface area is 118 Å². The highest BCUT2D eigenvalue weighted by Crippen LogP contribution is 2.21. The van der Waals surface area contributed by atoms with Crippen molar-refractivity contribution in [3.63, 3.8) is 0 Å². The van der Waals surface area contributed by atoms with Crippen molar-refractivity contribution in [1.29, 1.82) is 0 Å². The van der Waals surface area contributed by atoms with Gasteiger partial charge in [0, 0.05) is 6.54 Å². The lowest BCUT2D eigenvalue weighted by Crippen LogP contribution is -2.40. The molecule has 0 saturated carbocycles. The van der Waals surface area contributed by atoms with Gasteiger partial charge in [-0.05, 0) is 18.2 Å². The quantitative estimate of drug-likeness (QED) is 0.590. The number of phenols is 1. The third kappa shape index (κ3) is 4.88. The number of aromatic carboxylic acids is 1. The summed E-state index contributed by atoms with van der Waals surface area (Å²) in [6.07, 6.45) is -2.79. The first-order valence-corrected chi connectivity index (χ1v) is 5.86. The number of carbonyl (C=O) groups is 2. The molecule has 0 aliphatic rings. The lowest BCUT2D eigenvalue weighted by molar-refractivity contribution is 0.0697. The van der Waals surface area contributed by atoms with E-state index in [1.54, 1.807) is 0 Å². The summed E-state index contributed by atoms with van der Waals surface area (Å²) in [6.45, 7) is -1.73. The van der Waals surface area contributed by atoms with E-state index >= 15 is 0 Å². The predicted octanol–water partition coefficient (Wildman–Crippen LogP) is 1.18. The molecule has 0 radical (unpaired) electrons. The van der Waals surface area contributed by atoms with E-state index < -0.39 is 31.6 Å². The van der Waals surface area contributed by atoms with Gasteiger partial charge in [-0.15, -0.1) is 0 Å². The summed E-state index contributed by atoms with van der Waals surface area (Å²) in [5.41, 5.74) is -0.535. The van der Waals surface area contributed by atoms with Crippen molar-refractivity contribution in [3.05, 3.63) is 23.8 Å². The highest BCUT2D eigenvalue weighted by Gasteiger charge is 2.20. The van der Waals surface area contributed by atoms with E-state index in [1.165, 1.54) is 0 Å². The molecule has 9 heteroatoms. The largest absolute Gasteiger partial charge is 0.508 e. The van der Waals surface area contributed by atoms with Crippen molar-refractivity contribution >= 4 is 17.7 Å². The normalized spacial score (nSPS) is 10.5. The van der Waals surface area contributed by atoms with Gasteiger partial charge in [-0.25, -0.2) is 18.4 Å². The number of urea groups is 1. The number of aromatic hydroxyl groups is 1. The Morgan fingerprint density at radius 1 is 1.33 bits per heavy atom. The SMILES string of the molecule is O=C(O)c1cc(O)ccc1NC(=O)N(CCO)CC(F)F. The number of hydrogen-bond acceptors (Lipinski definition) is 4. The summed E-state index contributed by atoms with van der Waals surface area (Å²) in [6, 6.07) is 2.22. The van der Waals surface area contributed by atoms with Crippen molar-refractivity contribution < 1.29 is 33.7 Å². The van der Waals surface area contributed by atoms with Crippen LogP contribution in [0.4, 0.5) is 19.3 Å². The van der Waals surface area contributed by atoms with Gasteiger partial charge in [-0.2, -0.15) is 0 Å². The van der Waals surface area contributed by atoms with E-state index in [1.807, 2.05) is 0 Å². The monoisotopic (exact) mass is 304 g/mol. The Kier molecular flexibility index (Phi) is 5.85. The van der Waals surface area contributed by atoms with Crippen LogP contribution in [0.1, 0.15) is 10.4 Å². The van der Waals surface area contributed by atoms with E-state index in [-0.39, 0.29) is 23.5 Å². The Balaban J connectivity index is 2.92. The summed E-state index contributed by atoms with van der Waals surface area (Å²) in [5.74, 6) is -1.71. The third-order valence-corrected chi connectivity index (χ3v) is 2.49. The van der Waals surface area contributed by atoms with Gasteiger partial charge in [-0.3, -0.25) is 0 Å². The minimum atomic E-state index is -2.79. The molecule has 1 aromatic rings. The van der Waals surface area contributed by atoms with Gasteiger partial charge in [0.05, 0.1) is 24.4 Å². The van der Waals surface area contributed by atoms with Crippen LogP contribution in [0.15, 0.2) is 18.2 Å². The van der Waals surface area contributed by atoms with Gasteiger partial charge in [0.25, 0.3) is 6.43 Å². The standard InChI is InChI=1S/C12H14F2N2O5/c13-10(14)6-16(3-4-17)12(21)15-9-2-1-7(18)5-8(9)11(19)20/h1-2,5,10,17-18H,3-4,6H2,(H,15,21)(H,19,20). The highest BCUT2D eigenvalue weighted by molar-refractivity contribution is 6.00. The van der Waals surface area contributed by atoms with Gasteiger partial charge in [0.2, 0.25) is 0 Å². The minimum absolute atomic E-state index is 0.150. The average Bonchev–Trinajstić information content (AvgIpc) is 2.39. The molecule has 0 saturated heterocycles. The fraction of sp³-hybridized carbons (Fsp3) is 0.333. The number of phenolic OH excluding ortho intramolecular Hbond substituents is 1. The number of rotatable bonds is 6. The smallest absolute Gasteiger partial charge is 0.337 e. The summed E-state index contributed by atoms with van der Waals surface area (Å²) in [5, 5.41) is 29.1. The van der Waals surface area contributed by atoms with Crippen LogP contribution in [-0.4, -0.2) is 58.3 Å². The molecule has 1 aromatic carbocycles. The van der Waals surface area contributed by atoms with Crippen molar-refractivity contribution in [3.8, 4) is 5.75 Å². The average molecular weight is 304 g/mol. The number of hydrogen-bond donors (Lipinski definition) is 4. The highest BCUT2D eigenvalue weighted by atomic mass is 19.3. The van der Waals surface area contributed by atoms with Gasteiger partial charge in [0.1, 0.15) is 5.75 Å². The maximum absolute atomic E-state index is 12.3. The van der Waals surface area contributed by atoms with Crippen LogP contribution in [-0.2, 0) is 0 Å². The number of benzene rings is 1. The molecule has 0 unspecified atom stereocenters. The number of alkyl halides is 2. The zero-order valence-electron chi connectivity index (χ0n) is 10.8. The topological polar surface area (TPSA) is 110 Å². The second-order valence-electron chi connectivity index (χ2n) is 4.03. The molecule has 0 fully saturated rings. The number of carboxylic acid groups (broad SMARTS) is 1. The number of carbonyl (C=O) groups excluding carboxylic acids is 1. The number of halogens is 2. The zero-order valence-corrected chi connectivity index (χ0v) is 10.8.